The Morgan fingerprint density at radius 3 is 2.55 bits per heavy atom. The van der Waals surface area contributed by atoms with Crippen LogP contribution in [0.1, 0.15) is 72.6 Å². The van der Waals surface area contributed by atoms with Crippen molar-refractivity contribution >= 4 is 0 Å². The van der Waals surface area contributed by atoms with Gasteiger partial charge in [-0.25, -0.2) is 0 Å². The Kier molecular flexibility index (Phi) is 5.92. The van der Waals surface area contributed by atoms with Crippen LogP contribution in [0.5, 0.6) is 0 Å². The summed E-state index contributed by atoms with van der Waals surface area (Å²) in [6.45, 7) is 13.3. The van der Waals surface area contributed by atoms with E-state index in [9.17, 15) is 0 Å². The summed E-state index contributed by atoms with van der Waals surface area (Å²) in [6.07, 6.45) is 9.84. The summed E-state index contributed by atoms with van der Waals surface area (Å²) < 4.78 is 0. The van der Waals surface area contributed by atoms with Crippen LogP contribution in [0.3, 0.4) is 0 Å². The fourth-order valence-electron chi connectivity index (χ4n) is 4.29. The van der Waals surface area contributed by atoms with Crippen LogP contribution in [0.25, 0.3) is 0 Å². The summed E-state index contributed by atoms with van der Waals surface area (Å²) >= 11 is 0. The lowest BCUT2D eigenvalue weighted by Crippen LogP contribution is -2.63. The van der Waals surface area contributed by atoms with E-state index in [1.165, 1.54) is 64.6 Å². The molecule has 2 nitrogen and oxygen atoms in total. The maximum Gasteiger partial charge on any atom is 0.0304 e. The molecule has 0 radical (unpaired) electrons. The van der Waals surface area contributed by atoms with E-state index in [-0.39, 0.29) is 0 Å². The molecule has 0 aromatic heterocycles. The molecule has 0 aromatic rings. The molecule has 2 rings (SSSR count). The molecule has 2 aliphatic rings. The van der Waals surface area contributed by atoms with E-state index in [0.717, 1.165) is 11.8 Å². The summed E-state index contributed by atoms with van der Waals surface area (Å²) in [5, 5.41) is 3.82. The first-order valence-electron chi connectivity index (χ1n) is 9.07. The Labute approximate surface area is 126 Å². The van der Waals surface area contributed by atoms with Gasteiger partial charge in [-0.3, -0.25) is 4.90 Å². The van der Waals surface area contributed by atoms with Crippen LogP contribution >= 0.6 is 0 Å². The number of piperazine rings is 1. The monoisotopic (exact) mass is 280 g/mol. The lowest BCUT2D eigenvalue weighted by atomic mass is 9.80. The predicted octanol–water partition coefficient (Wildman–Crippen LogP) is 4.06. The quantitative estimate of drug-likeness (QED) is 0.817. The Morgan fingerprint density at radius 1 is 1.15 bits per heavy atom. The molecule has 118 valence electrons. The van der Waals surface area contributed by atoms with Crippen molar-refractivity contribution in [2.75, 3.05) is 19.6 Å². The van der Waals surface area contributed by atoms with Gasteiger partial charge in [0.1, 0.15) is 0 Å². The third-order valence-corrected chi connectivity index (χ3v) is 6.12. The highest BCUT2D eigenvalue weighted by Crippen LogP contribution is 2.31. The molecule has 0 bridgehead atoms. The second-order valence-electron chi connectivity index (χ2n) is 7.61. The smallest absolute Gasteiger partial charge is 0.0304 e. The third-order valence-electron chi connectivity index (χ3n) is 6.12. The highest BCUT2D eigenvalue weighted by Gasteiger charge is 2.35. The fourth-order valence-corrected chi connectivity index (χ4v) is 4.29. The Hall–Kier alpha value is -0.0800. The van der Waals surface area contributed by atoms with Crippen LogP contribution in [0.4, 0.5) is 0 Å². The Balaban J connectivity index is 1.83. The van der Waals surface area contributed by atoms with E-state index in [2.05, 4.69) is 37.9 Å². The number of nitrogens with zero attached hydrogens (tertiary/aromatic N) is 1. The van der Waals surface area contributed by atoms with Gasteiger partial charge in [-0.1, -0.05) is 40.0 Å². The fraction of sp³-hybridized carbons (Fsp3) is 1.00. The molecule has 20 heavy (non-hydrogen) atoms. The van der Waals surface area contributed by atoms with Crippen molar-refractivity contribution in [2.24, 2.45) is 11.8 Å². The van der Waals surface area contributed by atoms with E-state index >= 15 is 0 Å². The van der Waals surface area contributed by atoms with E-state index < -0.39 is 0 Å². The van der Waals surface area contributed by atoms with E-state index in [1.54, 1.807) is 0 Å². The minimum Gasteiger partial charge on any atom is -0.308 e. The average Bonchev–Trinajstić information content (AvgIpc) is 2.47. The highest BCUT2D eigenvalue weighted by atomic mass is 15.2. The molecule has 1 heterocycles. The van der Waals surface area contributed by atoms with Crippen LogP contribution < -0.4 is 5.32 Å². The van der Waals surface area contributed by atoms with Crippen molar-refractivity contribution in [3.8, 4) is 0 Å². The zero-order valence-corrected chi connectivity index (χ0v) is 14.3. The van der Waals surface area contributed by atoms with Gasteiger partial charge in [0.2, 0.25) is 0 Å². The van der Waals surface area contributed by atoms with Crippen LogP contribution in [0, 0.1) is 11.8 Å². The third kappa shape index (κ3) is 3.98. The van der Waals surface area contributed by atoms with Crippen molar-refractivity contribution in [3.05, 3.63) is 0 Å². The molecular weight excluding hydrogens is 244 g/mol. The van der Waals surface area contributed by atoms with Crippen LogP contribution in [0.2, 0.25) is 0 Å². The van der Waals surface area contributed by atoms with Crippen LogP contribution in [-0.2, 0) is 0 Å². The molecule has 1 aliphatic heterocycles. The number of nitrogens with one attached hydrogen (secondary N) is 1. The maximum atomic E-state index is 3.82. The normalized spacial score (nSPS) is 35.1. The summed E-state index contributed by atoms with van der Waals surface area (Å²) in [7, 11) is 0. The van der Waals surface area contributed by atoms with Crippen LogP contribution in [-0.4, -0.2) is 36.1 Å². The van der Waals surface area contributed by atoms with Crippen molar-refractivity contribution in [1.29, 1.82) is 0 Å². The molecule has 2 fully saturated rings. The highest BCUT2D eigenvalue weighted by molar-refractivity contribution is 4.95. The van der Waals surface area contributed by atoms with Crippen molar-refractivity contribution in [1.82, 2.24) is 10.2 Å². The zero-order chi connectivity index (χ0) is 14.6. The number of hydrogen-bond acceptors (Lipinski definition) is 2. The zero-order valence-electron chi connectivity index (χ0n) is 14.3. The molecule has 3 unspecified atom stereocenters. The van der Waals surface area contributed by atoms with E-state index in [0.29, 0.717) is 11.6 Å². The molecule has 0 spiro atoms. The summed E-state index contributed by atoms with van der Waals surface area (Å²) in [5.74, 6) is 1.97. The second-order valence-corrected chi connectivity index (χ2v) is 7.61. The minimum atomic E-state index is 0.381. The number of hydrogen-bond donors (Lipinski definition) is 1. The summed E-state index contributed by atoms with van der Waals surface area (Å²) in [5.41, 5.74) is 0.381. The SMILES string of the molecule is CCC1(CC)CN(CCC2CCCC(C)C2)C(C)CN1. The first-order chi connectivity index (χ1) is 9.58. The van der Waals surface area contributed by atoms with E-state index in [4.69, 9.17) is 0 Å². The molecule has 1 saturated heterocycles. The first-order valence-corrected chi connectivity index (χ1v) is 9.07. The average molecular weight is 280 g/mol. The molecule has 0 aromatic carbocycles. The molecule has 0 amide bonds. The molecule has 1 N–H and O–H groups in total. The number of rotatable bonds is 5. The lowest BCUT2D eigenvalue weighted by molar-refractivity contribution is 0.0723. The standard InChI is InChI=1S/C18H36N2/c1-5-18(6-2)14-20(16(4)13-19-18)11-10-17-9-7-8-15(3)12-17/h15-17,19H,5-14H2,1-4H3. The molecular formula is C18H36N2. The van der Waals surface area contributed by atoms with Gasteiger partial charge in [0, 0.05) is 24.7 Å². The van der Waals surface area contributed by atoms with Gasteiger partial charge >= 0.3 is 0 Å². The second kappa shape index (κ2) is 7.26. The van der Waals surface area contributed by atoms with Gasteiger partial charge in [-0.15, -0.1) is 0 Å². The maximum absolute atomic E-state index is 3.82. The van der Waals surface area contributed by atoms with Crippen molar-refractivity contribution in [2.45, 2.75) is 84.2 Å². The minimum absolute atomic E-state index is 0.381. The van der Waals surface area contributed by atoms with Gasteiger partial charge < -0.3 is 5.32 Å². The van der Waals surface area contributed by atoms with Gasteiger partial charge in [-0.05, 0) is 51.0 Å². The lowest BCUT2D eigenvalue weighted by Gasteiger charge is -2.47. The van der Waals surface area contributed by atoms with Gasteiger partial charge in [0.15, 0.2) is 0 Å². The molecule has 1 saturated carbocycles. The largest absolute Gasteiger partial charge is 0.308 e. The first kappa shape index (κ1) is 16.3. The van der Waals surface area contributed by atoms with Crippen molar-refractivity contribution in [3.63, 3.8) is 0 Å². The van der Waals surface area contributed by atoms with Gasteiger partial charge in [0.05, 0.1) is 0 Å². The van der Waals surface area contributed by atoms with Crippen LogP contribution in [0.15, 0.2) is 0 Å². The van der Waals surface area contributed by atoms with Gasteiger partial charge in [0.25, 0.3) is 0 Å². The Morgan fingerprint density at radius 2 is 1.90 bits per heavy atom. The topological polar surface area (TPSA) is 15.3 Å². The molecule has 2 heteroatoms. The van der Waals surface area contributed by atoms with Crippen molar-refractivity contribution < 1.29 is 0 Å². The predicted molar refractivity (Wildman–Crippen MR) is 88.1 cm³/mol. The van der Waals surface area contributed by atoms with Gasteiger partial charge in [-0.2, -0.15) is 0 Å². The molecule has 3 atom stereocenters. The summed E-state index contributed by atoms with van der Waals surface area (Å²) in [4.78, 5) is 2.77. The Bertz CT molecular complexity index is 285. The summed E-state index contributed by atoms with van der Waals surface area (Å²) in [6, 6.07) is 0.710. The van der Waals surface area contributed by atoms with E-state index in [1.807, 2.05) is 0 Å². The molecule has 1 aliphatic carbocycles.